The van der Waals surface area contributed by atoms with Gasteiger partial charge in [0.1, 0.15) is 0 Å². The summed E-state index contributed by atoms with van der Waals surface area (Å²) in [7, 11) is 0. The molecule has 0 aliphatic carbocycles. The predicted octanol–water partition coefficient (Wildman–Crippen LogP) is 4.94. The molecule has 0 unspecified atom stereocenters. The summed E-state index contributed by atoms with van der Waals surface area (Å²) >= 11 is 0. The van der Waals surface area contributed by atoms with Crippen molar-refractivity contribution >= 4 is 17.1 Å². The summed E-state index contributed by atoms with van der Waals surface area (Å²) in [6.45, 7) is 5.60. The van der Waals surface area contributed by atoms with Gasteiger partial charge in [-0.25, -0.2) is 0 Å². The minimum atomic E-state index is -0.402. The molecule has 0 aliphatic rings. The molecule has 0 amide bonds. The Morgan fingerprint density at radius 1 is 0.950 bits per heavy atom. The normalized spacial score (nSPS) is 10.9. The van der Waals surface area contributed by atoms with Gasteiger partial charge in [-0.15, -0.1) is 0 Å². The van der Waals surface area contributed by atoms with Gasteiger partial charge < -0.3 is 0 Å². The molecule has 0 bridgehead atoms. The van der Waals surface area contributed by atoms with Crippen molar-refractivity contribution in [3.63, 3.8) is 0 Å². The van der Waals surface area contributed by atoms with E-state index < -0.39 is 4.92 Å². The minimum absolute atomic E-state index is 0.0780. The molecule has 0 fully saturated rings. The van der Waals surface area contributed by atoms with Gasteiger partial charge >= 0.3 is 0 Å². The Bertz CT molecular complexity index is 653. The Morgan fingerprint density at radius 2 is 1.50 bits per heavy atom. The molecule has 0 atom stereocenters. The highest BCUT2D eigenvalue weighted by atomic mass is 16.6. The minimum Gasteiger partial charge on any atom is -0.258 e. The lowest BCUT2D eigenvalue weighted by molar-refractivity contribution is -0.384. The van der Waals surface area contributed by atoms with E-state index in [1.165, 1.54) is 12.1 Å². The fraction of sp³-hybridized carbons (Fsp3) is 0.200. The number of rotatable bonds is 3. The Balaban J connectivity index is 2.34. The molecule has 0 aromatic heterocycles. The number of non-ortho nitro benzene ring substituents is 1. The van der Waals surface area contributed by atoms with Crippen LogP contribution in [0.2, 0.25) is 0 Å². The molecular formula is C15H15N3O2. The highest BCUT2D eigenvalue weighted by molar-refractivity contribution is 5.57. The monoisotopic (exact) mass is 269 g/mol. The van der Waals surface area contributed by atoms with Crippen LogP contribution in [0.3, 0.4) is 0 Å². The molecule has 5 nitrogen and oxygen atoms in total. The number of hydrogen-bond donors (Lipinski definition) is 0. The van der Waals surface area contributed by atoms with Gasteiger partial charge in [0.15, 0.2) is 0 Å². The SMILES string of the molecule is Cc1ccc(N=Nc2c(C)cc([N+](=O)[O-])cc2C)cc1. The maximum absolute atomic E-state index is 10.8. The summed E-state index contributed by atoms with van der Waals surface area (Å²) in [5, 5.41) is 19.2. The number of azo groups is 1. The van der Waals surface area contributed by atoms with Crippen LogP contribution in [0, 0.1) is 30.9 Å². The van der Waals surface area contributed by atoms with E-state index in [1.54, 1.807) is 13.8 Å². The summed E-state index contributed by atoms with van der Waals surface area (Å²) in [4.78, 5) is 10.4. The topological polar surface area (TPSA) is 67.9 Å². The maximum Gasteiger partial charge on any atom is 0.270 e. The summed E-state index contributed by atoms with van der Waals surface area (Å²) < 4.78 is 0. The largest absolute Gasteiger partial charge is 0.270 e. The van der Waals surface area contributed by atoms with Gasteiger partial charge in [0.25, 0.3) is 5.69 Å². The van der Waals surface area contributed by atoms with Crippen LogP contribution in [0.1, 0.15) is 16.7 Å². The van der Waals surface area contributed by atoms with Gasteiger partial charge in [-0.2, -0.15) is 10.2 Å². The van der Waals surface area contributed by atoms with Crippen molar-refractivity contribution in [2.75, 3.05) is 0 Å². The van der Waals surface area contributed by atoms with E-state index in [1.807, 2.05) is 31.2 Å². The van der Waals surface area contributed by atoms with E-state index in [0.29, 0.717) is 5.69 Å². The third-order valence-corrected chi connectivity index (χ3v) is 2.99. The van der Waals surface area contributed by atoms with Gasteiger partial charge in [0.2, 0.25) is 0 Å². The van der Waals surface area contributed by atoms with E-state index >= 15 is 0 Å². The van der Waals surface area contributed by atoms with Gasteiger partial charge in [-0.3, -0.25) is 10.1 Å². The van der Waals surface area contributed by atoms with E-state index in [9.17, 15) is 10.1 Å². The second-order valence-corrected chi connectivity index (χ2v) is 4.72. The number of benzene rings is 2. The number of aryl methyl sites for hydroxylation is 3. The third kappa shape index (κ3) is 3.06. The summed E-state index contributed by atoms with van der Waals surface area (Å²) in [5.74, 6) is 0. The average molecular weight is 269 g/mol. The molecule has 2 aromatic rings. The van der Waals surface area contributed by atoms with E-state index in [4.69, 9.17) is 0 Å². The van der Waals surface area contributed by atoms with Gasteiger partial charge in [-0.1, -0.05) is 17.7 Å². The van der Waals surface area contributed by atoms with Crippen molar-refractivity contribution < 1.29 is 4.92 Å². The first-order chi connectivity index (χ1) is 9.47. The maximum atomic E-state index is 10.8. The van der Waals surface area contributed by atoms with Crippen LogP contribution < -0.4 is 0 Å². The fourth-order valence-electron chi connectivity index (χ4n) is 1.92. The molecule has 0 radical (unpaired) electrons. The van der Waals surface area contributed by atoms with Crippen molar-refractivity contribution in [2.45, 2.75) is 20.8 Å². The molecule has 0 heterocycles. The van der Waals surface area contributed by atoms with Gasteiger partial charge in [0, 0.05) is 12.1 Å². The number of nitrogens with zero attached hydrogens (tertiary/aromatic N) is 3. The van der Waals surface area contributed by atoms with Crippen LogP contribution >= 0.6 is 0 Å². The first-order valence-electron chi connectivity index (χ1n) is 6.21. The average Bonchev–Trinajstić information content (AvgIpc) is 2.39. The molecule has 20 heavy (non-hydrogen) atoms. The quantitative estimate of drug-likeness (QED) is 0.450. The number of nitro groups is 1. The summed E-state index contributed by atoms with van der Waals surface area (Å²) in [6, 6.07) is 10.7. The first-order valence-corrected chi connectivity index (χ1v) is 6.21. The fourth-order valence-corrected chi connectivity index (χ4v) is 1.92. The van der Waals surface area contributed by atoms with Crippen LogP contribution in [0.5, 0.6) is 0 Å². The van der Waals surface area contributed by atoms with E-state index in [2.05, 4.69) is 10.2 Å². The predicted molar refractivity (Wildman–Crippen MR) is 77.9 cm³/mol. The Kier molecular flexibility index (Phi) is 3.89. The highest BCUT2D eigenvalue weighted by Gasteiger charge is 2.11. The van der Waals surface area contributed by atoms with Crippen LogP contribution in [-0.2, 0) is 0 Å². The Morgan fingerprint density at radius 3 is 2.00 bits per heavy atom. The van der Waals surface area contributed by atoms with Crippen molar-refractivity contribution in [3.05, 3.63) is 63.2 Å². The molecule has 0 spiro atoms. The Hall–Kier alpha value is -2.56. The van der Waals surface area contributed by atoms with Crippen molar-refractivity contribution in [1.82, 2.24) is 0 Å². The smallest absolute Gasteiger partial charge is 0.258 e. The first kappa shape index (κ1) is 13.9. The second kappa shape index (κ2) is 5.61. The lowest BCUT2D eigenvalue weighted by Crippen LogP contribution is -1.90. The molecule has 0 saturated heterocycles. The zero-order chi connectivity index (χ0) is 14.7. The van der Waals surface area contributed by atoms with Crippen LogP contribution in [-0.4, -0.2) is 4.92 Å². The third-order valence-electron chi connectivity index (χ3n) is 2.99. The number of hydrogen-bond acceptors (Lipinski definition) is 4. The standard InChI is InChI=1S/C15H15N3O2/c1-10-4-6-13(7-5-10)16-17-15-11(2)8-14(18(19)20)9-12(15)3/h4-9H,1-3H3. The molecule has 5 heteroatoms. The molecule has 0 N–H and O–H groups in total. The van der Waals surface area contributed by atoms with Crippen LogP contribution in [0.15, 0.2) is 46.6 Å². The molecule has 2 aromatic carbocycles. The van der Waals surface area contributed by atoms with Gasteiger partial charge in [0.05, 0.1) is 16.3 Å². The van der Waals surface area contributed by atoms with E-state index in [0.717, 1.165) is 22.4 Å². The molecule has 102 valence electrons. The zero-order valence-corrected chi connectivity index (χ0v) is 11.6. The van der Waals surface area contributed by atoms with E-state index in [-0.39, 0.29) is 5.69 Å². The van der Waals surface area contributed by atoms with Crippen molar-refractivity contribution in [3.8, 4) is 0 Å². The Labute approximate surface area is 117 Å². The van der Waals surface area contributed by atoms with Crippen LogP contribution in [0.4, 0.5) is 17.1 Å². The lowest BCUT2D eigenvalue weighted by atomic mass is 10.1. The van der Waals surface area contributed by atoms with Crippen LogP contribution in [0.25, 0.3) is 0 Å². The van der Waals surface area contributed by atoms with Crippen molar-refractivity contribution in [1.29, 1.82) is 0 Å². The summed E-state index contributed by atoms with van der Waals surface area (Å²) in [5.41, 5.74) is 4.16. The molecular weight excluding hydrogens is 254 g/mol. The molecule has 0 saturated carbocycles. The lowest BCUT2D eigenvalue weighted by Gasteiger charge is -2.03. The number of nitro benzene ring substituents is 1. The second-order valence-electron chi connectivity index (χ2n) is 4.72. The molecule has 2 rings (SSSR count). The zero-order valence-electron chi connectivity index (χ0n) is 11.6. The molecule has 0 aliphatic heterocycles. The highest BCUT2D eigenvalue weighted by Crippen LogP contribution is 2.30. The summed E-state index contributed by atoms with van der Waals surface area (Å²) in [6.07, 6.45) is 0. The van der Waals surface area contributed by atoms with Gasteiger partial charge in [-0.05, 0) is 44.0 Å². The van der Waals surface area contributed by atoms with Crippen molar-refractivity contribution in [2.24, 2.45) is 10.2 Å².